The van der Waals surface area contributed by atoms with Crippen LogP contribution in [0, 0.1) is 16.7 Å². The molecule has 1 aliphatic heterocycles. The average molecular weight is 1070 g/mol. The zero-order chi connectivity index (χ0) is 55.9. The van der Waals surface area contributed by atoms with Crippen molar-refractivity contribution in [2.45, 2.75) is 134 Å². The van der Waals surface area contributed by atoms with Gasteiger partial charge in [0.2, 0.25) is 6.10 Å². The Kier molecular flexibility index (Phi) is 15.5. The highest BCUT2D eigenvalue weighted by Crippen LogP contribution is 2.63. The van der Waals surface area contributed by atoms with E-state index in [9.17, 15) is 39.0 Å². The minimum atomic E-state index is -2.26. The van der Waals surface area contributed by atoms with Crippen LogP contribution in [0.25, 0.3) is 11.1 Å². The molecular formula is C60H66N2O16. The van der Waals surface area contributed by atoms with Crippen LogP contribution in [0.3, 0.4) is 0 Å². The van der Waals surface area contributed by atoms with Gasteiger partial charge in [-0.3, -0.25) is 14.4 Å². The van der Waals surface area contributed by atoms with E-state index in [-0.39, 0.29) is 48.7 Å². The number of ether oxygens (including phenoxy) is 7. The van der Waals surface area contributed by atoms with E-state index in [1.165, 1.54) is 32.9 Å². The zero-order valence-electron chi connectivity index (χ0n) is 44.6. The molecule has 1 heterocycles. The molecule has 2 bridgehead atoms. The van der Waals surface area contributed by atoms with Crippen LogP contribution in [0.15, 0.2) is 120 Å². The van der Waals surface area contributed by atoms with Crippen molar-refractivity contribution in [2.24, 2.45) is 16.7 Å². The summed E-state index contributed by atoms with van der Waals surface area (Å²) in [5, 5.41) is 30.9. The molecule has 18 heteroatoms. The number of amides is 2. The van der Waals surface area contributed by atoms with Gasteiger partial charge in [-0.05, 0) is 85.7 Å². The van der Waals surface area contributed by atoms with Gasteiger partial charge in [-0.25, -0.2) is 19.2 Å². The second-order valence-electron chi connectivity index (χ2n) is 22.3. The van der Waals surface area contributed by atoms with E-state index in [1.807, 2.05) is 55.5 Å². The van der Waals surface area contributed by atoms with E-state index in [0.717, 1.165) is 22.3 Å². The van der Waals surface area contributed by atoms with Gasteiger partial charge in [0.05, 0.1) is 29.8 Å². The van der Waals surface area contributed by atoms with Crippen LogP contribution >= 0.6 is 0 Å². The molecule has 4 N–H and O–H groups in total. The molecule has 78 heavy (non-hydrogen) atoms. The number of esters is 4. The highest BCUT2D eigenvalue weighted by atomic mass is 16.6. The number of ketones is 1. The van der Waals surface area contributed by atoms with Gasteiger partial charge in [0, 0.05) is 42.9 Å². The molecule has 2 amide bonds. The highest BCUT2D eigenvalue weighted by Gasteiger charge is 2.73. The lowest BCUT2D eigenvalue weighted by Gasteiger charge is -2.66. The lowest BCUT2D eigenvalue weighted by molar-refractivity contribution is -0.305. The summed E-state index contributed by atoms with van der Waals surface area (Å²) < 4.78 is 41.9. The van der Waals surface area contributed by atoms with Crippen molar-refractivity contribution in [3.63, 3.8) is 0 Å². The smallest absolute Gasteiger partial charge is 0.408 e. The van der Waals surface area contributed by atoms with Crippen molar-refractivity contribution in [2.75, 3.05) is 19.8 Å². The number of aliphatic hydroxyl groups is 2. The van der Waals surface area contributed by atoms with E-state index < -0.39 is 132 Å². The van der Waals surface area contributed by atoms with Crippen molar-refractivity contribution in [1.29, 1.82) is 0 Å². The molecule has 9 rings (SSSR count). The van der Waals surface area contributed by atoms with Gasteiger partial charge in [0.25, 0.3) is 0 Å². The van der Waals surface area contributed by atoms with Crippen LogP contribution in [0.5, 0.6) is 0 Å². The van der Waals surface area contributed by atoms with Crippen LogP contribution < -0.4 is 10.6 Å². The third-order valence-electron chi connectivity index (χ3n) is 16.1. The highest BCUT2D eigenvalue weighted by molar-refractivity contribution is 5.95. The van der Waals surface area contributed by atoms with Crippen LogP contribution in [0.4, 0.5) is 9.59 Å². The summed E-state index contributed by atoms with van der Waals surface area (Å²) in [7, 11) is 0. The Morgan fingerprint density at radius 1 is 0.808 bits per heavy atom. The van der Waals surface area contributed by atoms with Gasteiger partial charge in [-0.2, -0.15) is 0 Å². The van der Waals surface area contributed by atoms with Gasteiger partial charge in [0.1, 0.15) is 42.6 Å². The Labute approximate surface area is 452 Å². The zero-order valence-corrected chi connectivity index (χ0v) is 44.6. The molecule has 412 valence electrons. The Morgan fingerprint density at radius 2 is 1.42 bits per heavy atom. The first-order valence-corrected chi connectivity index (χ1v) is 26.3. The molecule has 3 unspecified atom stereocenters. The number of fused-ring (bicyclic) bond motifs is 8. The predicted molar refractivity (Wildman–Crippen MR) is 279 cm³/mol. The van der Waals surface area contributed by atoms with E-state index in [2.05, 4.69) is 10.6 Å². The van der Waals surface area contributed by atoms with Crippen LogP contribution in [0.2, 0.25) is 0 Å². The number of Topliss-reactive ketones (excluding diaryl/α,β-unsaturated/α-hetero) is 1. The van der Waals surface area contributed by atoms with Crippen LogP contribution in [0.1, 0.15) is 113 Å². The minimum Gasteiger partial charge on any atom is -0.455 e. The third-order valence-corrected chi connectivity index (χ3v) is 16.1. The van der Waals surface area contributed by atoms with Crippen molar-refractivity contribution in [3.05, 3.63) is 143 Å². The van der Waals surface area contributed by atoms with Gasteiger partial charge in [-0.1, -0.05) is 111 Å². The fourth-order valence-corrected chi connectivity index (χ4v) is 12.2. The third kappa shape index (κ3) is 10.6. The summed E-state index contributed by atoms with van der Waals surface area (Å²) in [6.07, 6.45) is -12.1. The number of hydrogen-bond donors (Lipinski definition) is 4. The summed E-state index contributed by atoms with van der Waals surface area (Å²) in [6, 6.07) is 30.4. The Morgan fingerprint density at radius 3 is 2.03 bits per heavy atom. The molecule has 0 spiro atoms. The Hall–Kier alpha value is -7.41. The first-order chi connectivity index (χ1) is 37.1. The molecule has 2 saturated carbocycles. The fraction of sp³-hybridized carbons (Fsp3) is 0.450. The topological polar surface area (TPSA) is 249 Å². The maximum absolute atomic E-state index is 15.8. The second kappa shape index (κ2) is 21.8. The quantitative estimate of drug-likeness (QED) is 0.0546. The molecule has 1 saturated heterocycles. The SMILES string of the molecule is CCC(=O)O[C@@H](C(=O)O[C@H]1C[C@]2(O)CC(=C1C)[C@@H](OC(=O)CNC(=O)OCC1c3ccccc3-c3ccccc31)C(=O)C1(C)C([C@@H]2OC(=O)c2ccccc2)[C@]2(C)COC2C[C@@H]1O)[C@@H](NC(=O)OC(C)(C)C)c1ccccc1. The molecule has 0 radical (unpaired) electrons. The molecule has 3 fully saturated rings. The summed E-state index contributed by atoms with van der Waals surface area (Å²) in [4.78, 5) is 99.4. The minimum absolute atomic E-state index is 0.0258. The van der Waals surface area contributed by atoms with Gasteiger partial charge in [-0.15, -0.1) is 0 Å². The number of benzene rings is 4. The predicted octanol–water partition coefficient (Wildman–Crippen LogP) is 7.38. The van der Waals surface area contributed by atoms with E-state index in [4.69, 9.17) is 33.2 Å². The normalized spacial score (nSPS) is 27.7. The summed E-state index contributed by atoms with van der Waals surface area (Å²) in [5.41, 5.74) is -1.67. The fourth-order valence-electron chi connectivity index (χ4n) is 12.2. The lowest BCUT2D eigenvalue weighted by Crippen LogP contribution is -2.75. The summed E-state index contributed by atoms with van der Waals surface area (Å²) in [5.74, 6) is -6.29. The number of carbonyl (C=O) groups excluding carboxylic acids is 7. The molecule has 18 nitrogen and oxygen atoms in total. The standard InChI is InChI=1S/C60H66N2O16/c1-8-45(64)75-49(47(34-19-11-9-12-20-34)62-56(70)78-57(3,4)5)54(68)74-42-29-60(71)28-40(33(42)2)48(76-46(65)30-61-55(69)72-31-41-38-25-17-15-23-36(38)37-24-16-18-26-39(37)41)51(66)59(7)43(63)27-44-58(6,32-73-44)50(59)52(60)77-53(67)35-21-13-10-14-22-35/h9-26,41-44,47-50,52,63,71H,8,27-32H2,1-7H3,(H,61,69)(H,62,70)/t42-,43-,44?,47-,48+,49+,50?,52-,58+,59?,60+/m0/s1. The van der Waals surface area contributed by atoms with Crippen molar-refractivity contribution >= 4 is 41.8 Å². The Bertz CT molecular complexity index is 2970. The van der Waals surface area contributed by atoms with E-state index in [0.29, 0.717) is 5.56 Å². The lowest BCUT2D eigenvalue weighted by atomic mass is 9.45. The monoisotopic (exact) mass is 1070 g/mol. The second-order valence-corrected chi connectivity index (χ2v) is 22.3. The molecule has 0 aromatic heterocycles. The van der Waals surface area contributed by atoms with E-state index in [1.54, 1.807) is 69.3 Å². The van der Waals surface area contributed by atoms with Crippen LogP contribution in [-0.4, -0.2) is 120 Å². The molecule has 5 aliphatic rings. The van der Waals surface area contributed by atoms with Gasteiger partial charge < -0.3 is 54.0 Å². The van der Waals surface area contributed by atoms with E-state index >= 15 is 4.79 Å². The summed E-state index contributed by atoms with van der Waals surface area (Å²) in [6.45, 7) is 10.5. The molecule has 4 aromatic rings. The number of rotatable bonds is 14. The van der Waals surface area contributed by atoms with Crippen LogP contribution in [-0.2, 0) is 52.3 Å². The number of alkyl carbamates (subject to hydrolysis) is 2. The first kappa shape index (κ1) is 55.3. The largest absolute Gasteiger partial charge is 0.455 e. The molecule has 4 aromatic carbocycles. The number of carbonyl (C=O) groups is 7. The molecule has 4 aliphatic carbocycles. The maximum atomic E-state index is 15.8. The van der Waals surface area contributed by atoms with Gasteiger partial charge >= 0.3 is 36.1 Å². The number of hydrogen-bond acceptors (Lipinski definition) is 16. The number of nitrogens with one attached hydrogen (secondary N) is 2. The first-order valence-electron chi connectivity index (χ1n) is 26.3. The average Bonchev–Trinajstić information content (AvgIpc) is 3.82. The maximum Gasteiger partial charge on any atom is 0.408 e. The molecule has 11 atom stereocenters. The van der Waals surface area contributed by atoms with Crippen molar-refractivity contribution in [1.82, 2.24) is 10.6 Å². The van der Waals surface area contributed by atoms with Crippen molar-refractivity contribution in [3.8, 4) is 11.1 Å². The Balaban J connectivity index is 1.07. The van der Waals surface area contributed by atoms with Crippen molar-refractivity contribution < 1.29 is 76.9 Å². The van der Waals surface area contributed by atoms with Gasteiger partial charge in [0.15, 0.2) is 11.9 Å². The molecular weight excluding hydrogens is 1000 g/mol. The summed E-state index contributed by atoms with van der Waals surface area (Å²) >= 11 is 0. The number of aliphatic hydroxyl groups excluding tert-OH is 1.